The van der Waals surface area contributed by atoms with E-state index in [4.69, 9.17) is 43.4 Å². The molecule has 0 spiro atoms. The predicted molar refractivity (Wildman–Crippen MR) is 77.9 cm³/mol. The van der Waals surface area contributed by atoms with Gasteiger partial charge in [-0.05, 0) is 12.2 Å². The van der Waals surface area contributed by atoms with E-state index in [1.54, 1.807) is 27.5 Å². The third-order valence-corrected chi connectivity index (χ3v) is 3.90. The van der Waals surface area contributed by atoms with Gasteiger partial charge >= 0.3 is 0 Å². The van der Waals surface area contributed by atoms with Crippen LogP contribution < -0.4 is 0 Å². The molecule has 0 bridgehead atoms. The van der Waals surface area contributed by atoms with Crippen LogP contribution in [0.4, 0.5) is 0 Å². The maximum Gasteiger partial charge on any atom is 0.175 e. The second-order valence-corrected chi connectivity index (χ2v) is 5.29. The van der Waals surface area contributed by atoms with Crippen molar-refractivity contribution in [1.82, 2.24) is 9.97 Å². The number of aromatic nitrogens is 2. The van der Waals surface area contributed by atoms with E-state index in [1.165, 1.54) is 0 Å². The van der Waals surface area contributed by atoms with Crippen LogP contribution in [0.2, 0.25) is 0 Å². The molecule has 4 atom stereocenters. The number of methoxy groups -OCH3 is 3. The molecule has 0 aliphatic carbocycles. The summed E-state index contributed by atoms with van der Waals surface area (Å²) in [6.45, 7) is 0.425. The van der Waals surface area contributed by atoms with Crippen LogP contribution in [-0.2, 0) is 18.9 Å². The van der Waals surface area contributed by atoms with Crippen molar-refractivity contribution in [2.24, 2.45) is 0 Å². The van der Waals surface area contributed by atoms with Gasteiger partial charge in [-0.2, -0.15) is 0 Å². The second-order valence-electron chi connectivity index (χ2n) is 4.48. The molecule has 1 aromatic heterocycles. The Kier molecular flexibility index (Phi) is 5.42. The Bertz CT molecular complexity index is 559. The fourth-order valence-electron chi connectivity index (χ4n) is 2.45. The predicted octanol–water partition coefficient (Wildman–Crippen LogP) is 1.92. The van der Waals surface area contributed by atoms with Crippen molar-refractivity contribution in [1.29, 1.82) is 0 Å². The zero-order valence-electron chi connectivity index (χ0n) is 11.5. The normalized spacial score (nSPS) is 29.8. The monoisotopic (exact) mass is 318 g/mol. The lowest BCUT2D eigenvalue weighted by atomic mass is 10.0. The lowest BCUT2D eigenvalue weighted by Crippen LogP contribution is -2.36. The van der Waals surface area contributed by atoms with Gasteiger partial charge in [0.25, 0.3) is 0 Å². The topological polar surface area (TPSA) is 68.5 Å². The molecule has 2 rings (SSSR count). The highest BCUT2D eigenvalue weighted by Gasteiger charge is 2.46. The second kappa shape index (κ2) is 6.88. The summed E-state index contributed by atoms with van der Waals surface area (Å²) in [5, 5.41) is 0. The molecular formula is C12H18N2O4S2. The third-order valence-electron chi connectivity index (χ3n) is 3.34. The summed E-state index contributed by atoms with van der Waals surface area (Å²) in [4.78, 5) is 5.83. The summed E-state index contributed by atoms with van der Waals surface area (Å²) in [6.07, 6.45) is 0.722. The van der Waals surface area contributed by atoms with E-state index in [0.717, 1.165) is 5.56 Å². The molecule has 1 aromatic rings. The fourth-order valence-corrected chi connectivity index (χ4v) is 2.95. The molecular weight excluding hydrogens is 300 g/mol. The van der Waals surface area contributed by atoms with Crippen LogP contribution in [0.3, 0.4) is 0 Å². The Balaban J connectivity index is 2.35. The van der Waals surface area contributed by atoms with Crippen molar-refractivity contribution in [3.63, 3.8) is 0 Å². The van der Waals surface area contributed by atoms with Gasteiger partial charge in [0, 0.05) is 33.1 Å². The van der Waals surface area contributed by atoms with Crippen molar-refractivity contribution in [3.05, 3.63) is 21.2 Å². The standard InChI is InChI=1S/C12H18N2O4S2/c1-15-5-7-9(16-2)10(17-3)8(18-7)6-4-13-12(20)14-11(6)19/h4,7-10H,5H2,1-3H3,(H2,13,14,19,20)/t7-,8+,9?,10?/m1/s1. The lowest BCUT2D eigenvalue weighted by molar-refractivity contribution is -0.0479. The first-order valence-corrected chi connectivity index (χ1v) is 6.96. The van der Waals surface area contributed by atoms with E-state index in [-0.39, 0.29) is 24.4 Å². The van der Waals surface area contributed by atoms with Crippen molar-refractivity contribution in [2.75, 3.05) is 27.9 Å². The molecule has 0 amide bonds. The Hall–Kier alpha value is -0.640. The van der Waals surface area contributed by atoms with E-state index >= 15 is 0 Å². The Morgan fingerprint density at radius 3 is 2.45 bits per heavy atom. The maximum absolute atomic E-state index is 6.00. The van der Waals surface area contributed by atoms with Gasteiger partial charge in [0.15, 0.2) is 4.77 Å². The molecule has 2 heterocycles. The van der Waals surface area contributed by atoms with E-state index < -0.39 is 0 Å². The molecule has 1 saturated heterocycles. The van der Waals surface area contributed by atoms with Crippen molar-refractivity contribution in [2.45, 2.75) is 24.4 Å². The van der Waals surface area contributed by atoms with Crippen LogP contribution in [-0.4, -0.2) is 56.2 Å². The number of ether oxygens (including phenoxy) is 4. The molecule has 112 valence electrons. The molecule has 20 heavy (non-hydrogen) atoms. The molecule has 1 aliphatic rings. The first-order chi connectivity index (χ1) is 9.62. The first kappa shape index (κ1) is 15.7. The minimum atomic E-state index is -0.333. The van der Waals surface area contributed by atoms with Gasteiger partial charge in [-0.1, -0.05) is 12.2 Å². The summed E-state index contributed by atoms with van der Waals surface area (Å²) in [5.41, 5.74) is 0.793. The van der Waals surface area contributed by atoms with Crippen LogP contribution in [0.1, 0.15) is 11.7 Å². The van der Waals surface area contributed by atoms with E-state index in [2.05, 4.69) is 9.97 Å². The molecule has 0 aromatic carbocycles. The Labute approximate surface area is 127 Å². The summed E-state index contributed by atoms with van der Waals surface area (Å²) in [5.74, 6) is 0. The lowest BCUT2D eigenvalue weighted by Gasteiger charge is -2.21. The highest BCUT2D eigenvalue weighted by Crippen LogP contribution is 2.36. The molecule has 1 aliphatic heterocycles. The Morgan fingerprint density at radius 2 is 1.90 bits per heavy atom. The maximum atomic E-state index is 6.00. The quantitative estimate of drug-likeness (QED) is 0.809. The largest absolute Gasteiger partial charge is 0.382 e. The third kappa shape index (κ3) is 3.00. The fraction of sp³-hybridized carbons (Fsp3) is 0.667. The first-order valence-electron chi connectivity index (χ1n) is 6.14. The van der Waals surface area contributed by atoms with E-state index in [1.807, 2.05) is 0 Å². The van der Waals surface area contributed by atoms with Gasteiger partial charge < -0.3 is 28.9 Å². The zero-order valence-corrected chi connectivity index (χ0v) is 13.2. The number of H-pyrrole nitrogens is 2. The number of aromatic amines is 2. The SMILES string of the molecule is COC[C@H]1O[C@@H](c2c[nH]c(=S)[nH]c2=S)C(OC)C1OC. The van der Waals surface area contributed by atoms with Gasteiger partial charge in [-0.3, -0.25) is 0 Å². The number of hydrogen-bond donors (Lipinski definition) is 2. The van der Waals surface area contributed by atoms with E-state index in [9.17, 15) is 0 Å². The van der Waals surface area contributed by atoms with Crippen molar-refractivity contribution >= 4 is 24.4 Å². The van der Waals surface area contributed by atoms with Crippen LogP contribution in [0, 0.1) is 9.41 Å². The summed E-state index contributed by atoms with van der Waals surface area (Å²) < 4.78 is 23.2. The molecule has 0 radical (unpaired) electrons. The Morgan fingerprint density at radius 1 is 1.20 bits per heavy atom. The summed E-state index contributed by atoms with van der Waals surface area (Å²) >= 11 is 10.3. The highest BCUT2D eigenvalue weighted by molar-refractivity contribution is 7.72. The number of hydrogen-bond acceptors (Lipinski definition) is 6. The van der Waals surface area contributed by atoms with Crippen LogP contribution in [0.15, 0.2) is 6.20 Å². The van der Waals surface area contributed by atoms with Gasteiger partial charge in [-0.15, -0.1) is 0 Å². The van der Waals surface area contributed by atoms with Gasteiger partial charge in [0.05, 0.1) is 6.61 Å². The average Bonchev–Trinajstić information content (AvgIpc) is 2.76. The van der Waals surface area contributed by atoms with Crippen molar-refractivity contribution < 1.29 is 18.9 Å². The highest BCUT2D eigenvalue weighted by atomic mass is 32.1. The van der Waals surface area contributed by atoms with Gasteiger partial charge in [-0.25, -0.2) is 0 Å². The summed E-state index contributed by atoms with van der Waals surface area (Å²) in [7, 11) is 4.88. The van der Waals surface area contributed by atoms with Crippen molar-refractivity contribution in [3.8, 4) is 0 Å². The molecule has 6 nitrogen and oxygen atoms in total. The molecule has 2 N–H and O–H groups in total. The molecule has 2 unspecified atom stereocenters. The average molecular weight is 318 g/mol. The number of nitrogens with one attached hydrogen (secondary N) is 2. The van der Waals surface area contributed by atoms with Gasteiger partial charge in [0.1, 0.15) is 29.1 Å². The van der Waals surface area contributed by atoms with Crippen LogP contribution in [0.5, 0.6) is 0 Å². The molecule has 8 heteroatoms. The zero-order chi connectivity index (χ0) is 14.7. The molecule has 0 saturated carbocycles. The van der Waals surface area contributed by atoms with Gasteiger partial charge in [0.2, 0.25) is 0 Å². The van der Waals surface area contributed by atoms with Crippen LogP contribution >= 0.6 is 24.4 Å². The van der Waals surface area contributed by atoms with Crippen LogP contribution in [0.25, 0.3) is 0 Å². The number of rotatable bonds is 5. The summed E-state index contributed by atoms with van der Waals surface area (Å²) in [6, 6.07) is 0. The smallest absolute Gasteiger partial charge is 0.175 e. The minimum absolute atomic E-state index is 0.211. The minimum Gasteiger partial charge on any atom is -0.382 e. The molecule has 1 fully saturated rings. The van der Waals surface area contributed by atoms with E-state index in [0.29, 0.717) is 16.0 Å².